The molecule has 1 fully saturated rings. The Kier molecular flexibility index (Phi) is 4.95. The molecule has 4 heterocycles. The van der Waals surface area contributed by atoms with E-state index in [0.29, 0.717) is 0 Å². The van der Waals surface area contributed by atoms with Crippen LogP contribution in [0.1, 0.15) is 35.4 Å². The summed E-state index contributed by atoms with van der Waals surface area (Å²) in [5, 5.41) is 7.08. The third-order valence-corrected chi connectivity index (χ3v) is 7.12. The Hall–Kier alpha value is -1.22. The Balaban J connectivity index is 1.59. The van der Waals surface area contributed by atoms with Gasteiger partial charge in [0.2, 0.25) is 0 Å². The fourth-order valence-electron chi connectivity index (χ4n) is 3.53. The van der Waals surface area contributed by atoms with Gasteiger partial charge in [-0.2, -0.15) is 4.68 Å². The number of carbonyl (C=O) groups is 1. The van der Waals surface area contributed by atoms with Crippen molar-refractivity contribution in [2.45, 2.75) is 36.7 Å². The average Bonchev–Trinajstić information content (AvgIpc) is 3.35. The molecule has 0 radical (unpaired) electrons. The smallest absolute Gasteiger partial charge is 0.264 e. The van der Waals surface area contributed by atoms with E-state index in [9.17, 15) is 4.79 Å². The van der Waals surface area contributed by atoms with E-state index in [1.807, 2.05) is 6.92 Å². The Morgan fingerprint density at radius 2 is 2.08 bits per heavy atom. The van der Waals surface area contributed by atoms with Crippen molar-refractivity contribution in [3.05, 3.63) is 28.2 Å². The van der Waals surface area contributed by atoms with Crippen molar-refractivity contribution in [2.75, 3.05) is 32.7 Å². The van der Waals surface area contributed by atoms with Gasteiger partial charge in [0.25, 0.3) is 5.91 Å². The molecule has 1 saturated heterocycles. The van der Waals surface area contributed by atoms with Crippen LogP contribution in [-0.4, -0.2) is 68.4 Å². The first kappa shape index (κ1) is 17.2. The van der Waals surface area contributed by atoms with E-state index in [-0.39, 0.29) is 17.2 Å². The first-order chi connectivity index (χ1) is 12.2. The van der Waals surface area contributed by atoms with Gasteiger partial charge in [-0.15, -0.1) is 16.4 Å². The Morgan fingerprint density at radius 1 is 1.28 bits per heavy atom. The number of carbonyl (C=O) groups excluding carboxylic acids is 1. The number of hydrogen-bond acceptors (Lipinski definition) is 7. The number of piperazine rings is 1. The largest absolute Gasteiger partial charge is 0.301 e. The molecule has 0 spiro atoms. The van der Waals surface area contributed by atoms with Gasteiger partial charge in [-0.3, -0.25) is 9.69 Å². The molecule has 2 unspecified atom stereocenters. The first-order valence-electron chi connectivity index (χ1n) is 8.87. The fourth-order valence-corrected chi connectivity index (χ4v) is 5.78. The molecule has 6 nitrogen and oxygen atoms in total. The summed E-state index contributed by atoms with van der Waals surface area (Å²) in [6.07, 6.45) is 0.756. The summed E-state index contributed by atoms with van der Waals surface area (Å²) in [7, 11) is 0. The molecule has 0 amide bonds. The molecule has 8 heteroatoms. The number of rotatable bonds is 5. The highest BCUT2D eigenvalue weighted by molar-refractivity contribution is 8.01. The number of aryl methyl sites for hydroxylation is 1. The monoisotopic (exact) mass is 377 g/mol. The molecular formula is C17H23N5OS2. The SMILES string of the molecule is CCc1nc2n(n1)C(=O)C(C(c1cccs1)N1CCN(CC)CC1)S2. The quantitative estimate of drug-likeness (QED) is 0.798. The summed E-state index contributed by atoms with van der Waals surface area (Å²) in [6.45, 7) is 9.43. The molecule has 2 atom stereocenters. The van der Waals surface area contributed by atoms with Gasteiger partial charge in [0.15, 0.2) is 11.0 Å². The minimum Gasteiger partial charge on any atom is -0.301 e. The number of aromatic nitrogens is 3. The topological polar surface area (TPSA) is 54.3 Å². The van der Waals surface area contributed by atoms with Gasteiger partial charge < -0.3 is 4.90 Å². The normalized spacial score (nSPS) is 23.1. The summed E-state index contributed by atoms with van der Waals surface area (Å²) in [6, 6.07) is 4.33. The van der Waals surface area contributed by atoms with E-state index in [1.165, 1.54) is 9.56 Å². The molecule has 2 aromatic heterocycles. The van der Waals surface area contributed by atoms with Crippen molar-refractivity contribution >= 4 is 29.0 Å². The summed E-state index contributed by atoms with van der Waals surface area (Å²) in [4.78, 5) is 23.7. The zero-order valence-corrected chi connectivity index (χ0v) is 16.2. The maximum atomic E-state index is 13.0. The van der Waals surface area contributed by atoms with Gasteiger partial charge in [0.1, 0.15) is 5.25 Å². The molecule has 0 bridgehead atoms. The third kappa shape index (κ3) is 3.16. The van der Waals surface area contributed by atoms with Crippen molar-refractivity contribution in [1.82, 2.24) is 24.6 Å². The summed E-state index contributed by atoms with van der Waals surface area (Å²) >= 11 is 3.32. The van der Waals surface area contributed by atoms with E-state index in [4.69, 9.17) is 0 Å². The van der Waals surface area contributed by atoms with Crippen LogP contribution >= 0.6 is 23.1 Å². The number of fused-ring (bicyclic) bond motifs is 1. The second-order valence-electron chi connectivity index (χ2n) is 6.38. The third-order valence-electron chi connectivity index (χ3n) is 4.99. The van der Waals surface area contributed by atoms with E-state index in [0.717, 1.165) is 50.1 Å². The highest BCUT2D eigenvalue weighted by Gasteiger charge is 2.43. The Labute approximate surface area is 156 Å². The first-order valence-corrected chi connectivity index (χ1v) is 10.6. The van der Waals surface area contributed by atoms with Crippen molar-refractivity contribution in [3.8, 4) is 0 Å². The molecular weight excluding hydrogens is 354 g/mol. The number of thioether (sulfide) groups is 1. The molecule has 0 saturated carbocycles. The van der Waals surface area contributed by atoms with Crippen LogP contribution in [0.15, 0.2) is 22.7 Å². The van der Waals surface area contributed by atoms with Gasteiger partial charge in [0, 0.05) is 37.5 Å². The Morgan fingerprint density at radius 3 is 2.68 bits per heavy atom. The standard InChI is InChI=1S/C17H23N5OS2/c1-3-13-18-17-22(19-13)16(23)15(25-17)14(12-6-5-11-24-12)21-9-7-20(4-2)8-10-21/h5-6,11,14-15H,3-4,7-10H2,1-2H3. The minimum atomic E-state index is -0.160. The Bertz CT molecular complexity index is 736. The van der Waals surface area contributed by atoms with Gasteiger partial charge in [-0.05, 0) is 18.0 Å². The van der Waals surface area contributed by atoms with E-state index < -0.39 is 0 Å². The summed E-state index contributed by atoms with van der Waals surface area (Å²) in [5.74, 6) is 0.821. The average molecular weight is 378 g/mol. The van der Waals surface area contributed by atoms with E-state index in [2.05, 4.69) is 44.3 Å². The molecule has 2 aromatic rings. The van der Waals surface area contributed by atoms with Crippen LogP contribution < -0.4 is 0 Å². The second-order valence-corrected chi connectivity index (χ2v) is 8.47. The second kappa shape index (κ2) is 7.19. The number of likely N-dealkylation sites (N-methyl/N-ethyl adjacent to an activating group) is 1. The van der Waals surface area contributed by atoms with Crippen LogP contribution in [-0.2, 0) is 6.42 Å². The number of nitrogens with zero attached hydrogens (tertiary/aromatic N) is 5. The van der Waals surface area contributed by atoms with Crippen LogP contribution in [0.25, 0.3) is 0 Å². The van der Waals surface area contributed by atoms with Crippen molar-refractivity contribution < 1.29 is 4.79 Å². The minimum absolute atomic E-state index is 0.0727. The molecule has 0 aromatic carbocycles. The lowest BCUT2D eigenvalue weighted by atomic mass is 10.1. The molecule has 4 rings (SSSR count). The van der Waals surface area contributed by atoms with Gasteiger partial charge >= 0.3 is 0 Å². The highest BCUT2D eigenvalue weighted by Crippen LogP contribution is 2.42. The summed E-state index contributed by atoms with van der Waals surface area (Å²) in [5.41, 5.74) is 0. The molecule has 134 valence electrons. The van der Waals surface area contributed by atoms with Gasteiger partial charge in [-0.1, -0.05) is 31.7 Å². The highest BCUT2D eigenvalue weighted by atomic mass is 32.2. The van der Waals surface area contributed by atoms with Crippen molar-refractivity contribution in [3.63, 3.8) is 0 Å². The molecule has 2 aliphatic rings. The number of hydrogen-bond donors (Lipinski definition) is 0. The maximum absolute atomic E-state index is 13.0. The lowest BCUT2D eigenvalue weighted by molar-refractivity contribution is 0.0744. The predicted molar refractivity (Wildman–Crippen MR) is 100 cm³/mol. The van der Waals surface area contributed by atoms with Crippen LogP contribution in [0.3, 0.4) is 0 Å². The zero-order chi connectivity index (χ0) is 17.4. The van der Waals surface area contributed by atoms with E-state index >= 15 is 0 Å². The van der Waals surface area contributed by atoms with Crippen LogP contribution in [0.4, 0.5) is 0 Å². The van der Waals surface area contributed by atoms with Crippen LogP contribution in [0.2, 0.25) is 0 Å². The molecule has 0 aliphatic carbocycles. The van der Waals surface area contributed by atoms with Crippen LogP contribution in [0.5, 0.6) is 0 Å². The fraction of sp³-hybridized carbons (Fsp3) is 0.588. The zero-order valence-electron chi connectivity index (χ0n) is 14.6. The summed E-state index contributed by atoms with van der Waals surface area (Å²) < 4.78 is 1.52. The molecule has 0 N–H and O–H groups in total. The van der Waals surface area contributed by atoms with Gasteiger partial charge in [-0.25, -0.2) is 4.98 Å². The molecule has 2 aliphatic heterocycles. The van der Waals surface area contributed by atoms with Gasteiger partial charge in [0.05, 0.1) is 6.04 Å². The number of thiophene rings is 1. The predicted octanol–water partition coefficient (Wildman–Crippen LogP) is 2.40. The van der Waals surface area contributed by atoms with Crippen LogP contribution in [0, 0.1) is 0 Å². The van der Waals surface area contributed by atoms with E-state index in [1.54, 1.807) is 23.1 Å². The lowest BCUT2D eigenvalue weighted by Gasteiger charge is -2.40. The maximum Gasteiger partial charge on any atom is 0.264 e. The van der Waals surface area contributed by atoms with Crippen molar-refractivity contribution in [2.24, 2.45) is 0 Å². The lowest BCUT2D eigenvalue weighted by Crippen LogP contribution is -2.50. The van der Waals surface area contributed by atoms with Crippen molar-refractivity contribution in [1.29, 1.82) is 0 Å². The molecule has 25 heavy (non-hydrogen) atoms.